The predicted molar refractivity (Wildman–Crippen MR) is 86.9 cm³/mol. The van der Waals surface area contributed by atoms with Crippen LogP contribution in [0.1, 0.15) is 35.5 Å². The summed E-state index contributed by atoms with van der Waals surface area (Å²) < 4.78 is 51.6. The van der Waals surface area contributed by atoms with Gasteiger partial charge in [-0.3, -0.25) is 0 Å². The lowest BCUT2D eigenvalue weighted by Gasteiger charge is -2.32. The topological polar surface area (TPSA) is 84.0 Å². The van der Waals surface area contributed by atoms with Gasteiger partial charge in [0.2, 0.25) is 0 Å². The first-order chi connectivity index (χ1) is 13.1. The average Bonchev–Trinajstić information content (AvgIpc) is 3.39. The molecular formula is C17H12F3N5O2. The first-order valence-corrected chi connectivity index (χ1v) is 8.20. The first kappa shape index (κ1) is 15.9. The zero-order chi connectivity index (χ0) is 18.5. The van der Waals surface area contributed by atoms with Crippen LogP contribution in [0.15, 0.2) is 39.4 Å². The Kier molecular flexibility index (Phi) is 3.46. The van der Waals surface area contributed by atoms with E-state index in [1.165, 1.54) is 11.2 Å². The molecule has 4 heterocycles. The number of nitrogens with zero attached hydrogens (tertiary/aromatic N) is 4. The van der Waals surface area contributed by atoms with Crippen LogP contribution in [0.25, 0.3) is 11.0 Å². The molecule has 0 amide bonds. The molecule has 0 aliphatic carbocycles. The van der Waals surface area contributed by atoms with Gasteiger partial charge in [-0.2, -0.15) is 8.78 Å². The van der Waals surface area contributed by atoms with Gasteiger partial charge < -0.3 is 18.7 Å². The quantitative estimate of drug-likeness (QED) is 0.587. The summed E-state index contributed by atoms with van der Waals surface area (Å²) in [6, 6.07) is 5.75. The summed E-state index contributed by atoms with van der Waals surface area (Å²) in [5.74, 6) is -1.31. The van der Waals surface area contributed by atoms with Gasteiger partial charge in [-0.1, -0.05) is 17.2 Å². The highest BCUT2D eigenvalue weighted by molar-refractivity contribution is 5.79. The Morgan fingerprint density at radius 1 is 1.19 bits per heavy atom. The molecule has 3 aromatic heterocycles. The molecule has 0 radical (unpaired) electrons. The summed E-state index contributed by atoms with van der Waals surface area (Å²) in [4.78, 5) is 8.83. The van der Waals surface area contributed by atoms with Gasteiger partial charge in [0.05, 0.1) is 17.4 Å². The SMILES string of the molecule is Fc1c([C@H]2c3nc[nH]c3CCN2c2nnc(C(F)F)o2)oc2ccccc12. The molecule has 27 heavy (non-hydrogen) atoms. The number of hydrogen-bond acceptors (Lipinski definition) is 6. The summed E-state index contributed by atoms with van der Waals surface area (Å²) in [5, 5.41) is 7.40. The molecule has 1 aliphatic heterocycles. The molecule has 4 aromatic rings. The Hall–Kier alpha value is -3.30. The highest BCUT2D eigenvalue weighted by atomic mass is 19.3. The van der Waals surface area contributed by atoms with Crippen LogP contribution in [0.2, 0.25) is 0 Å². The van der Waals surface area contributed by atoms with Gasteiger partial charge in [-0.25, -0.2) is 9.37 Å². The second-order valence-corrected chi connectivity index (χ2v) is 6.11. The van der Waals surface area contributed by atoms with Crippen molar-refractivity contribution in [3.05, 3.63) is 59.4 Å². The number of alkyl halides is 2. The van der Waals surface area contributed by atoms with E-state index in [0.29, 0.717) is 29.6 Å². The van der Waals surface area contributed by atoms with E-state index in [-0.39, 0.29) is 11.8 Å². The number of aromatic nitrogens is 4. The Labute approximate surface area is 149 Å². The van der Waals surface area contributed by atoms with Gasteiger partial charge in [0, 0.05) is 18.7 Å². The number of nitrogens with one attached hydrogen (secondary N) is 1. The smallest absolute Gasteiger partial charge is 0.319 e. The van der Waals surface area contributed by atoms with Crippen LogP contribution in [0.4, 0.5) is 19.2 Å². The van der Waals surface area contributed by atoms with Crippen molar-refractivity contribution in [2.75, 3.05) is 11.4 Å². The van der Waals surface area contributed by atoms with Crippen LogP contribution >= 0.6 is 0 Å². The lowest BCUT2D eigenvalue weighted by atomic mass is 10.0. The minimum atomic E-state index is -2.89. The van der Waals surface area contributed by atoms with Crippen LogP contribution in [-0.2, 0) is 6.42 Å². The normalized spacial score (nSPS) is 17.0. The molecule has 5 rings (SSSR count). The van der Waals surface area contributed by atoms with Gasteiger partial charge >= 0.3 is 12.4 Å². The maximum atomic E-state index is 15.1. The van der Waals surface area contributed by atoms with Crippen molar-refractivity contribution in [2.24, 2.45) is 0 Å². The fourth-order valence-corrected chi connectivity index (χ4v) is 3.39. The number of furan rings is 1. The summed E-state index contributed by atoms with van der Waals surface area (Å²) in [6.07, 6.45) is -0.862. The zero-order valence-corrected chi connectivity index (χ0v) is 13.7. The fraction of sp³-hybridized carbons (Fsp3) is 0.235. The molecule has 138 valence electrons. The predicted octanol–water partition coefficient (Wildman–Crippen LogP) is 3.77. The summed E-state index contributed by atoms with van der Waals surface area (Å²) in [7, 11) is 0. The molecular weight excluding hydrogens is 363 g/mol. The van der Waals surface area contributed by atoms with E-state index in [2.05, 4.69) is 20.2 Å². The number of para-hydroxylation sites is 1. The van der Waals surface area contributed by atoms with E-state index in [4.69, 9.17) is 8.83 Å². The first-order valence-electron chi connectivity index (χ1n) is 8.20. The Balaban J connectivity index is 1.67. The number of H-pyrrole nitrogens is 1. The van der Waals surface area contributed by atoms with Crippen molar-refractivity contribution in [1.29, 1.82) is 0 Å². The number of fused-ring (bicyclic) bond motifs is 2. The summed E-state index contributed by atoms with van der Waals surface area (Å²) in [6.45, 7) is 0.335. The molecule has 1 aliphatic rings. The van der Waals surface area contributed by atoms with Gasteiger partial charge in [0.15, 0.2) is 11.6 Å². The van der Waals surface area contributed by atoms with Crippen LogP contribution in [0.3, 0.4) is 0 Å². The molecule has 0 spiro atoms. The molecule has 0 saturated heterocycles. The van der Waals surface area contributed by atoms with Crippen LogP contribution in [-0.4, -0.2) is 26.7 Å². The van der Waals surface area contributed by atoms with E-state index in [0.717, 1.165) is 5.69 Å². The standard InChI is InChI=1S/C17H12F3N5O2/c18-11-8-3-1-2-4-10(8)26-14(11)13-12-9(21-7-22-12)5-6-25(13)17-24-23-16(27-17)15(19)20/h1-4,7,13,15H,5-6H2,(H,21,22)/t13-/m1/s1. The molecule has 10 heteroatoms. The summed E-state index contributed by atoms with van der Waals surface area (Å²) in [5.41, 5.74) is 1.71. The molecule has 0 saturated carbocycles. The maximum absolute atomic E-state index is 15.1. The Morgan fingerprint density at radius 2 is 2.04 bits per heavy atom. The number of imidazole rings is 1. The molecule has 0 fully saturated rings. The van der Waals surface area contributed by atoms with E-state index in [9.17, 15) is 8.78 Å². The Bertz CT molecular complexity index is 1120. The van der Waals surface area contributed by atoms with Crippen molar-refractivity contribution in [3.8, 4) is 0 Å². The van der Waals surface area contributed by atoms with E-state index < -0.39 is 24.2 Å². The minimum absolute atomic E-state index is 0.0149. The monoisotopic (exact) mass is 375 g/mol. The summed E-state index contributed by atoms with van der Waals surface area (Å²) >= 11 is 0. The number of benzene rings is 1. The highest BCUT2D eigenvalue weighted by Crippen LogP contribution is 2.40. The zero-order valence-electron chi connectivity index (χ0n) is 13.7. The largest absolute Gasteiger partial charge is 0.455 e. The second-order valence-electron chi connectivity index (χ2n) is 6.11. The number of rotatable bonds is 3. The minimum Gasteiger partial charge on any atom is -0.455 e. The van der Waals surface area contributed by atoms with Gasteiger partial charge in [0.25, 0.3) is 5.89 Å². The lowest BCUT2D eigenvalue weighted by molar-refractivity contribution is 0.115. The van der Waals surface area contributed by atoms with Crippen LogP contribution < -0.4 is 4.90 Å². The molecule has 1 aromatic carbocycles. The lowest BCUT2D eigenvalue weighted by Crippen LogP contribution is -2.36. The number of halogens is 3. The molecule has 0 unspecified atom stereocenters. The third kappa shape index (κ3) is 2.40. The van der Waals surface area contributed by atoms with Gasteiger partial charge in [-0.15, -0.1) is 5.10 Å². The number of anilines is 1. The van der Waals surface area contributed by atoms with E-state index in [1.54, 1.807) is 24.3 Å². The average molecular weight is 375 g/mol. The maximum Gasteiger partial charge on any atom is 0.319 e. The van der Waals surface area contributed by atoms with E-state index >= 15 is 4.39 Å². The fourth-order valence-electron chi connectivity index (χ4n) is 3.39. The molecule has 0 bridgehead atoms. The molecule has 1 atom stereocenters. The number of aromatic amines is 1. The third-order valence-electron chi connectivity index (χ3n) is 4.60. The number of hydrogen-bond donors (Lipinski definition) is 1. The third-order valence-corrected chi connectivity index (χ3v) is 4.60. The van der Waals surface area contributed by atoms with Crippen LogP contribution in [0, 0.1) is 5.82 Å². The Morgan fingerprint density at radius 3 is 2.81 bits per heavy atom. The van der Waals surface area contributed by atoms with Crippen LogP contribution in [0.5, 0.6) is 0 Å². The van der Waals surface area contributed by atoms with Crippen molar-refractivity contribution in [3.63, 3.8) is 0 Å². The second kappa shape index (κ2) is 5.86. The van der Waals surface area contributed by atoms with Gasteiger partial charge in [0.1, 0.15) is 11.6 Å². The highest BCUT2D eigenvalue weighted by Gasteiger charge is 2.39. The van der Waals surface area contributed by atoms with Crippen molar-refractivity contribution in [1.82, 2.24) is 20.2 Å². The molecule has 1 N–H and O–H groups in total. The van der Waals surface area contributed by atoms with Crippen molar-refractivity contribution in [2.45, 2.75) is 18.9 Å². The van der Waals surface area contributed by atoms with Crippen molar-refractivity contribution >= 4 is 17.0 Å². The molecule has 7 nitrogen and oxygen atoms in total. The van der Waals surface area contributed by atoms with Gasteiger partial charge in [-0.05, 0) is 12.1 Å². The van der Waals surface area contributed by atoms with E-state index in [1.807, 2.05) is 0 Å². The van der Waals surface area contributed by atoms with Crippen molar-refractivity contribution < 1.29 is 22.0 Å².